The van der Waals surface area contributed by atoms with Gasteiger partial charge in [-0.3, -0.25) is 9.78 Å². The van der Waals surface area contributed by atoms with Gasteiger partial charge in [0.25, 0.3) is 0 Å². The molecule has 1 amide bonds. The molecule has 11 heteroatoms. The van der Waals surface area contributed by atoms with E-state index in [-0.39, 0.29) is 46.6 Å². The molecule has 1 N–H and O–H groups in total. The third-order valence-corrected chi connectivity index (χ3v) is 8.40. The van der Waals surface area contributed by atoms with Crippen LogP contribution in [0.1, 0.15) is 44.9 Å². The van der Waals surface area contributed by atoms with E-state index in [9.17, 15) is 9.59 Å². The maximum atomic E-state index is 16.3. The van der Waals surface area contributed by atoms with Crippen LogP contribution in [0, 0.1) is 24.5 Å². The highest BCUT2D eigenvalue weighted by Crippen LogP contribution is 2.38. The second-order valence-corrected chi connectivity index (χ2v) is 12.4. The zero-order valence-electron chi connectivity index (χ0n) is 26.0. The second-order valence-electron chi connectivity index (χ2n) is 12.4. The molecule has 0 spiro atoms. The SMILES string of the molecule is C=CC(=O)N1CCN(c2nc(=O)n(-c3c(C)ccnc3CC(C)C)c3nc(-c4c(F)cccc4NC4CC4)c(F)cc23)[C@@H](C)C1. The Labute approximate surface area is 260 Å². The molecule has 4 heterocycles. The molecule has 6 rings (SSSR count). The Bertz CT molecular complexity index is 1870. The van der Waals surface area contributed by atoms with Crippen molar-refractivity contribution in [1.29, 1.82) is 0 Å². The van der Waals surface area contributed by atoms with Crippen LogP contribution in [0.2, 0.25) is 0 Å². The molecule has 2 aliphatic rings. The molecule has 3 aromatic heterocycles. The molecule has 1 saturated carbocycles. The molecule has 45 heavy (non-hydrogen) atoms. The van der Waals surface area contributed by atoms with Gasteiger partial charge in [-0.2, -0.15) is 4.98 Å². The first-order valence-electron chi connectivity index (χ1n) is 15.4. The number of nitrogens with one attached hydrogen (secondary N) is 1. The monoisotopic (exact) mass is 613 g/mol. The number of carbonyl (C=O) groups is 1. The molecular formula is C34H37F2N7O2. The van der Waals surface area contributed by atoms with Crippen molar-refractivity contribution in [2.75, 3.05) is 29.9 Å². The number of halogens is 2. The first kappa shape index (κ1) is 30.4. The fraction of sp³-hybridized carbons (Fsp3) is 0.382. The van der Waals surface area contributed by atoms with Crippen molar-refractivity contribution in [2.45, 2.75) is 59.0 Å². The molecule has 0 unspecified atom stereocenters. The number of fused-ring (bicyclic) bond motifs is 1. The average molecular weight is 614 g/mol. The number of piperazine rings is 1. The van der Waals surface area contributed by atoms with Crippen LogP contribution in [0.5, 0.6) is 0 Å². The zero-order chi connectivity index (χ0) is 32.0. The lowest BCUT2D eigenvalue weighted by Crippen LogP contribution is -2.54. The van der Waals surface area contributed by atoms with E-state index in [1.54, 1.807) is 23.2 Å². The van der Waals surface area contributed by atoms with Gasteiger partial charge in [0.1, 0.15) is 17.3 Å². The first-order valence-corrected chi connectivity index (χ1v) is 15.4. The van der Waals surface area contributed by atoms with Crippen LogP contribution in [-0.2, 0) is 11.2 Å². The minimum atomic E-state index is -0.738. The Morgan fingerprint density at radius 3 is 2.62 bits per heavy atom. The van der Waals surface area contributed by atoms with Gasteiger partial charge in [-0.25, -0.2) is 23.1 Å². The number of anilines is 2. The van der Waals surface area contributed by atoms with Crippen molar-refractivity contribution < 1.29 is 13.6 Å². The van der Waals surface area contributed by atoms with Crippen LogP contribution in [0.4, 0.5) is 20.3 Å². The van der Waals surface area contributed by atoms with Crippen molar-refractivity contribution in [3.8, 4) is 16.9 Å². The van der Waals surface area contributed by atoms with Crippen molar-refractivity contribution >= 4 is 28.4 Å². The standard InChI is InChI=1S/C34H37F2N7O2/c1-6-28(44)41-14-15-42(21(5)18-41)32-23-17-25(36)30(29-24(35)8-7-9-26(29)38-22-10-11-22)39-33(23)43(34(45)40-32)31-20(4)12-13-37-27(31)16-19(2)3/h6-9,12-13,17,19,21-22,38H,1,10-11,14-16,18H2,2-5H3/t21-/m0/s1. The summed E-state index contributed by atoms with van der Waals surface area (Å²) >= 11 is 0. The zero-order valence-corrected chi connectivity index (χ0v) is 26.0. The molecule has 1 atom stereocenters. The fourth-order valence-corrected chi connectivity index (χ4v) is 6.08. The van der Waals surface area contributed by atoms with Crippen LogP contribution < -0.4 is 15.9 Å². The van der Waals surface area contributed by atoms with E-state index in [0.717, 1.165) is 18.4 Å². The smallest absolute Gasteiger partial charge is 0.355 e. The molecule has 4 aromatic rings. The first-order chi connectivity index (χ1) is 21.6. The second kappa shape index (κ2) is 12.0. The van der Waals surface area contributed by atoms with Gasteiger partial charge in [-0.05, 0) is 74.9 Å². The average Bonchev–Trinajstić information content (AvgIpc) is 3.81. The summed E-state index contributed by atoms with van der Waals surface area (Å²) < 4.78 is 33.2. The third kappa shape index (κ3) is 5.79. The number of aryl methyl sites for hydroxylation is 1. The molecule has 1 saturated heterocycles. The van der Waals surface area contributed by atoms with Gasteiger partial charge < -0.3 is 15.1 Å². The lowest BCUT2D eigenvalue weighted by molar-refractivity contribution is -0.126. The highest BCUT2D eigenvalue weighted by molar-refractivity contribution is 5.92. The fourth-order valence-electron chi connectivity index (χ4n) is 6.08. The topological polar surface area (TPSA) is 96.3 Å². The Morgan fingerprint density at radius 1 is 1.16 bits per heavy atom. The van der Waals surface area contributed by atoms with E-state index in [1.165, 1.54) is 22.8 Å². The largest absolute Gasteiger partial charge is 0.382 e. The summed E-state index contributed by atoms with van der Waals surface area (Å²) in [6, 6.07) is 7.62. The van der Waals surface area contributed by atoms with E-state index in [1.807, 2.05) is 24.8 Å². The number of rotatable bonds is 8. The van der Waals surface area contributed by atoms with Gasteiger partial charge in [-0.15, -0.1) is 0 Å². The van der Waals surface area contributed by atoms with Gasteiger partial charge in [0.15, 0.2) is 11.5 Å². The van der Waals surface area contributed by atoms with Crippen molar-refractivity contribution in [2.24, 2.45) is 5.92 Å². The maximum Gasteiger partial charge on any atom is 0.355 e. The van der Waals surface area contributed by atoms with Crippen molar-refractivity contribution in [3.63, 3.8) is 0 Å². The summed E-state index contributed by atoms with van der Waals surface area (Å²) in [5, 5.41) is 3.60. The number of carbonyl (C=O) groups excluding carboxylic acids is 1. The predicted molar refractivity (Wildman–Crippen MR) is 172 cm³/mol. The van der Waals surface area contributed by atoms with Gasteiger partial charge in [0, 0.05) is 43.6 Å². The summed E-state index contributed by atoms with van der Waals surface area (Å²) in [7, 11) is 0. The van der Waals surface area contributed by atoms with Gasteiger partial charge in [0.05, 0.1) is 22.3 Å². The Hall–Kier alpha value is -4.67. The molecular weight excluding hydrogens is 576 g/mol. The molecule has 1 aromatic carbocycles. The lowest BCUT2D eigenvalue weighted by atomic mass is 10.0. The Morgan fingerprint density at radius 2 is 1.93 bits per heavy atom. The summed E-state index contributed by atoms with van der Waals surface area (Å²) in [4.78, 5) is 43.9. The van der Waals surface area contributed by atoms with Gasteiger partial charge >= 0.3 is 5.69 Å². The van der Waals surface area contributed by atoms with Crippen LogP contribution in [0.3, 0.4) is 0 Å². The molecule has 1 aliphatic carbocycles. The normalized spacial score (nSPS) is 16.8. The van der Waals surface area contributed by atoms with E-state index < -0.39 is 17.3 Å². The molecule has 9 nitrogen and oxygen atoms in total. The lowest BCUT2D eigenvalue weighted by Gasteiger charge is -2.40. The van der Waals surface area contributed by atoms with Crippen LogP contribution in [-0.4, -0.2) is 62.0 Å². The number of amides is 1. The number of nitrogens with zero attached hydrogens (tertiary/aromatic N) is 6. The third-order valence-electron chi connectivity index (χ3n) is 8.40. The van der Waals surface area contributed by atoms with Gasteiger partial charge in [0.2, 0.25) is 5.91 Å². The Balaban J connectivity index is 1.62. The van der Waals surface area contributed by atoms with E-state index in [4.69, 9.17) is 4.98 Å². The van der Waals surface area contributed by atoms with Crippen LogP contribution in [0.25, 0.3) is 28.0 Å². The number of benzene rings is 1. The number of hydrogen-bond acceptors (Lipinski definition) is 7. The maximum absolute atomic E-state index is 16.3. The summed E-state index contributed by atoms with van der Waals surface area (Å²) in [5.74, 6) is -1.04. The predicted octanol–water partition coefficient (Wildman–Crippen LogP) is 5.43. The quantitative estimate of drug-likeness (QED) is 0.265. The molecule has 1 aliphatic heterocycles. The molecule has 0 bridgehead atoms. The van der Waals surface area contributed by atoms with E-state index in [0.29, 0.717) is 48.5 Å². The molecule has 0 radical (unpaired) electrons. The van der Waals surface area contributed by atoms with Gasteiger partial charge in [-0.1, -0.05) is 26.5 Å². The van der Waals surface area contributed by atoms with Crippen LogP contribution in [0.15, 0.2) is 54.0 Å². The number of hydrogen-bond donors (Lipinski definition) is 1. The Kier molecular flexibility index (Phi) is 8.11. The highest BCUT2D eigenvalue weighted by Gasteiger charge is 2.31. The minimum absolute atomic E-state index is 0.0105. The van der Waals surface area contributed by atoms with E-state index >= 15 is 8.78 Å². The van der Waals surface area contributed by atoms with Crippen molar-refractivity contribution in [3.05, 3.63) is 82.6 Å². The highest BCUT2D eigenvalue weighted by atomic mass is 19.1. The summed E-state index contributed by atoms with van der Waals surface area (Å²) in [5.41, 5.74) is 1.79. The number of pyridine rings is 2. The molecule has 2 fully saturated rings. The summed E-state index contributed by atoms with van der Waals surface area (Å²) in [6.07, 6.45) is 5.45. The van der Waals surface area contributed by atoms with Crippen LogP contribution >= 0.6 is 0 Å². The number of aromatic nitrogens is 4. The van der Waals surface area contributed by atoms with E-state index in [2.05, 4.69) is 35.7 Å². The molecule has 234 valence electrons. The van der Waals surface area contributed by atoms with Crippen molar-refractivity contribution in [1.82, 2.24) is 24.4 Å². The minimum Gasteiger partial charge on any atom is -0.382 e. The summed E-state index contributed by atoms with van der Waals surface area (Å²) in [6.45, 7) is 12.6.